The van der Waals surface area contributed by atoms with Gasteiger partial charge in [0.2, 0.25) is 0 Å². The number of benzene rings is 1. The molecule has 0 spiro atoms. The van der Waals surface area contributed by atoms with E-state index in [0.29, 0.717) is 0 Å². The molecule has 1 heterocycles. The minimum absolute atomic E-state index is 0.134. The average molecular weight is 290 g/mol. The molecule has 0 saturated carbocycles. The van der Waals surface area contributed by atoms with Crippen LogP contribution in [0.5, 0.6) is 17.4 Å². The highest BCUT2D eigenvalue weighted by Crippen LogP contribution is 2.37. The Kier molecular flexibility index (Phi) is 3.98. The van der Waals surface area contributed by atoms with Crippen LogP contribution in [0.15, 0.2) is 36.5 Å². The van der Waals surface area contributed by atoms with Crippen molar-refractivity contribution in [3.05, 3.63) is 52.2 Å². The molecule has 2 rings (SSSR count). The number of nitrogens with zero attached hydrogens (tertiary/aromatic N) is 2. The number of hydrogen-bond donors (Lipinski definition) is 1. The van der Waals surface area contributed by atoms with Crippen molar-refractivity contribution in [1.29, 1.82) is 0 Å². The third-order valence-corrected chi connectivity index (χ3v) is 2.58. The van der Waals surface area contributed by atoms with Crippen molar-refractivity contribution < 1.29 is 24.3 Å². The van der Waals surface area contributed by atoms with Gasteiger partial charge in [0, 0.05) is 12.3 Å². The van der Waals surface area contributed by atoms with E-state index in [1.54, 1.807) is 0 Å². The number of hydrogen-bond acceptors (Lipinski definition) is 6. The summed E-state index contributed by atoms with van der Waals surface area (Å²) in [5, 5.41) is 20.1. The second kappa shape index (κ2) is 5.87. The minimum Gasteiger partial charge on any atom is -0.493 e. The number of carboxylic acid groups (broad SMARTS) is 1. The average Bonchev–Trinajstić information content (AvgIpc) is 2.47. The van der Waals surface area contributed by atoms with Crippen LogP contribution in [0, 0.1) is 10.1 Å². The molecule has 0 aliphatic rings. The Morgan fingerprint density at radius 1 is 1.33 bits per heavy atom. The number of para-hydroxylation sites is 1. The summed E-state index contributed by atoms with van der Waals surface area (Å²) in [5.41, 5.74) is -0.561. The molecule has 0 amide bonds. The largest absolute Gasteiger partial charge is 0.493 e. The van der Waals surface area contributed by atoms with Crippen molar-refractivity contribution in [1.82, 2.24) is 4.98 Å². The van der Waals surface area contributed by atoms with Gasteiger partial charge in [0.25, 0.3) is 5.88 Å². The van der Waals surface area contributed by atoms with Gasteiger partial charge >= 0.3 is 11.7 Å². The predicted molar refractivity (Wildman–Crippen MR) is 70.9 cm³/mol. The molecule has 0 radical (unpaired) electrons. The van der Waals surface area contributed by atoms with Crippen molar-refractivity contribution in [2.45, 2.75) is 0 Å². The molecule has 21 heavy (non-hydrogen) atoms. The fourth-order valence-electron chi connectivity index (χ4n) is 1.65. The van der Waals surface area contributed by atoms with E-state index in [2.05, 4.69) is 4.98 Å². The van der Waals surface area contributed by atoms with Crippen molar-refractivity contribution in [3.8, 4) is 17.4 Å². The number of nitro groups is 1. The van der Waals surface area contributed by atoms with E-state index >= 15 is 0 Å². The summed E-state index contributed by atoms with van der Waals surface area (Å²) >= 11 is 0. The molecule has 0 fully saturated rings. The van der Waals surface area contributed by atoms with E-state index < -0.39 is 10.9 Å². The lowest BCUT2D eigenvalue weighted by Crippen LogP contribution is -2.03. The highest BCUT2D eigenvalue weighted by molar-refractivity contribution is 5.92. The van der Waals surface area contributed by atoms with Crippen LogP contribution in [-0.4, -0.2) is 28.1 Å². The number of rotatable bonds is 5. The van der Waals surface area contributed by atoms with E-state index in [9.17, 15) is 14.9 Å². The first-order valence-corrected chi connectivity index (χ1v) is 5.72. The third-order valence-electron chi connectivity index (χ3n) is 2.58. The first kappa shape index (κ1) is 14.3. The van der Waals surface area contributed by atoms with Crippen LogP contribution in [-0.2, 0) is 0 Å². The summed E-state index contributed by atoms with van der Waals surface area (Å²) in [6.07, 6.45) is 1.30. The minimum atomic E-state index is -1.25. The summed E-state index contributed by atoms with van der Waals surface area (Å²) in [6, 6.07) is 6.84. The van der Waals surface area contributed by atoms with Gasteiger partial charge in [0.1, 0.15) is 5.56 Å². The van der Waals surface area contributed by atoms with E-state index in [4.69, 9.17) is 14.6 Å². The smallest absolute Gasteiger partial charge is 0.339 e. The molecular weight excluding hydrogens is 280 g/mol. The summed E-state index contributed by atoms with van der Waals surface area (Å²) in [5.74, 6) is -1.57. The van der Waals surface area contributed by atoms with Gasteiger partial charge in [-0.25, -0.2) is 9.78 Å². The Morgan fingerprint density at radius 3 is 2.71 bits per heavy atom. The lowest BCUT2D eigenvalue weighted by Gasteiger charge is -2.11. The maximum Gasteiger partial charge on any atom is 0.339 e. The van der Waals surface area contributed by atoms with Gasteiger partial charge in [-0.3, -0.25) is 10.1 Å². The summed E-state index contributed by atoms with van der Waals surface area (Å²) in [7, 11) is 1.33. The number of carbonyl (C=O) groups is 1. The Morgan fingerprint density at radius 2 is 2.10 bits per heavy atom. The first-order chi connectivity index (χ1) is 10.0. The Labute approximate surface area is 118 Å². The molecule has 0 unspecified atom stereocenters. The zero-order valence-electron chi connectivity index (χ0n) is 10.8. The van der Waals surface area contributed by atoms with E-state index in [1.807, 2.05) is 0 Å². The van der Waals surface area contributed by atoms with Crippen LogP contribution >= 0.6 is 0 Å². The lowest BCUT2D eigenvalue weighted by atomic mass is 10.2. The number of aromatic carboxylic acids is 1. The van der Waals surface area contributed by atoms with Crippen LogP contribution in [0.3, 0.4) is 0 Å². The van der Waals surface area contributed by atoms with Gasteiger partial charge < -0.3 is 14.6 Å². The topological polar surface area (TPSA) is 112 Å². The van der Waals surface area contributed by atoms with Crippen molar-refractivity contribution in [2.24, 2.45) is 0 Å². The molecular formula is C13H10N2O6. The number of aromatic nitrogens is 1. The van der Waals surface area contributed by atoms with E-state index in [1.165, 1.54) is 43.6 Å². The monoisotopic (exact) mass is 290 g/mol. The molecule has 2 aromatic rings. The van der Waals surface area contributed by atoms with Crippen LogP contribution in [0.2, 0.25) is 0 Å². The third kappa shape index (κ3) is 2.89. The van der Waals surface area contributed by atoms with Crippen molar-refractivity contribution in [2.75, 3.05) is 7.11 Å². The number of pyridine rings is 1. The van der Waals surface area contributed by atoms with Crippen LogP contribution in [0.1, 0.15) is 10.4 Å². The standard InChI is InChI=1S/C13H10N2O6/c1-20-10-6-2-4-8(13(16)17)11(10)21-12-9(15(18)19)5-3-7-14-12/h2-7H,1H3,(H,16,17). The zero-order valence-corrected chi connectivity index (χ0v) is 10.8. The van der Waals surface area contributed by atoms with Gasteiger partial charge in [0.05, 0.1) is 12.0 Å². The lowest BCUT2D eigenvalue weighted by molar-refractivity contribution is -0.386. The van der Waals surface area contributed by atoms with Crippen LogP contribution < -0.4 is 9.47 Å². The van der Waals surface area contributed by atoms with E-state index in [0.717, 1.165) is 0 Å². The van der Waals surface area contributed by atoms with Crippen LogP contribution in [0.25, 0.3) is 0 Å². The maximum atomic E-state index is 11.2. The fourth-order valence-corrected chi connectivity index (χ4v) is 1.65. The maximum absolute atomic E-state index is 11.2. The van der Waals surface area contributed by atoms with Gasteiger partial charge in [-0.2, -0.15) is 0 Å². The molecule has 0 saturated heterocycles. The van der Waals surface area contributed by atoms with Gasteiger partial charge in [-0.05, 0) is 18.2 Å². The molecule has 1 N–H and O–H groups in total. The van der Waals surface area contributed by atoms with Crippen molar-refractivity contribution in [3.63, 3.8) is 0 Å². The quantitative estimate of drug-likeness (QED) is 0.664. The summed E-state index contributed by atoms with van der Waals surface area (Å²) in [6.45, 7) is 0. The SMILES string of the molecule is COc1cccc(C(=O)O)c1Oc1ncccc1[N+](=O)[O-]. The zero-order chi connectivity index (χ0) is 15.4. The van der Waals surface area contributed by atoms with Crippen LogP contribution in [0.4, 0.5) is 5.69 Å². The number of ether oxygens (including phenoxy) is 2. The molecule has 8 heteroatoms. The highest BCUT2D eigenvalue weighted by Gasteiger charge is 2.22. The molecule has 108 valence electrons. The second-order valence-electron chi connectivity index (χ2n) is 3.83. The summed E-state index contributed by atoms with van der Waals surface area (Å²) < 4.78 is 10.3. The molecule has 0 atom stereocenters. The first-order valence-electron chi connectivity index (χ1n) is 5.72. The molecule has 0 aliphatic heterocycles. The van der Waals surface area contributed by atoms with E-state index in [-0.39, 0.29) is 28.6 Å². The molecule has 8 nitrogen and oxygen atoms in total. The fraction of sp³-hybridized carbons (Fsp3) is 0.0769. The Hall–Kier alpha value is -3.16. The second-order valence-corrected chi connectivity index (χ2v) is 3.83. The predicted octanol–water partition coefficient (Wildman–Crippen LogP) is 2.49. The molecule has 0 aliphatic carbocycles. The molecule has 1 aromatic carbocycles. The van der Waals surface area contributed by atoms with Gasteiger partial charge in [-0.15, -0.1) is 0 Å². The van der Waals surface area contributed by atoms with Crippen molar-refractivity contribution >= 4 is 11.7 Å². The summed E-state index contributed by atoms with van der Waals surface area (Å²) in [4.78, 5) is 25.2. The Balaban J connectivity index is 2.54. The van der Waals surface area contributed by atoms with Gasteiger partial charge in [0.15, 0.2) is 11.5 Å². The molecule has 1 aromatic heterocycles. The normalized spacial score (nSPS) is 9.95. The van der Waals surface area contributed by atoms with Gasteiger partial charge in [-0.1, -0.05) is 6.07 Å². The molecule has 0 bridgehead atoms. The Bertz CT molecular complexity index is 701. The highest BCUT2D eigenvalue weighted by atomic mass is 16.6. The number of methoxy groups -OCH3 is 1. The number of carboxylic acids is 1.